The van der Waals surface area contributed by atoms with Crippen molar-refractivity contribution in [3.8, 4) is 5.75 Å². The topological polar surface area (TPSA) is 52.6 Å². The van der Waals surface area contributed by atoms with Crippen LogP contribution in [0.25, 0.3) is 0 Å². The predicted octanol–water partition coefficient (Wildman–Crippen LogP) is 2.76. The van der Waals surface area contributed by atoms with E-state index in [1.54, 1.807) is 18.2 Å². The maximum atomic E-state index is 12.6. The average Bonchev–Trinajstić information content (AvgIpc) is 3.01. The van der Waals surface area contributed by atoms with Gasteiger partial charge >= 0.3 is 0 Å². The number of phenols is 1. The Kier molecular flexibility index (Phi) is 4.50. The average molecular weight is 353 g/mol. The number of hydrogen-bond acceptors (Lipinski definition) is 3. The van der Waals surface area contributed by atoms with Crippen molar-refractivity contribution < 1.29 is 9.90 Å². The standard InChI is InChI=1S/C16H21BrN2O2/c17-12-5-6-13(15(20)9-12)16(21)19-8-2-3-11(10-19)14-4-1-7-18-14/h5-6,9,11,14,18,20H,1-4,7-8,10H2. The van der Waals surface area contributed by atoms with E-state index >= 15 is 0 Å². The normalized spacial score (nSPS) is 26.0. The number of hydrogen-bond donors (Lipinski definition) is 2. The first-order chi connectivity index (χ1) is 10.1. The number of nitrogens with zero attached hydrogens (tertiary/aromatic N) is 1. The quantitative estimate of drug-likeness (QED) is 0.860. The summed E-state index contributed by atoms with van der Waals surface area (Å²) >= 11 is 3.30. The van der Waals surface area contributed by atoms with Crippen molar-refractivity contribution in [1.29, 1.82) is 0 Å². The summed E-state index contributed by atoms with van der Waals surface area (Å²) in [6.07, 6.45) is 4.69. The van der Waals surface area contributed by atoms with Crippen molar-refractivity contribution in [3.63, 3.8) is 0 Å². The Bertz CT molecular complexity index is 529. The van der Waals surface area contributed by atoms with Gasteiger partial charge in [-0.2, -0.15) is 0 Å². The Morgan fingerprint density at radius 3 is 2.90 bits per heavy atom. The number of likely N-dealkylation sites (tertiary alicyclic amines) is 1. The number of carbonyl (C=O) groups is 1. The summed E-state index contributed by atoms with van der Waals surface area (Å²) in [5.74, 6) is 0.543. The molecule has 0 bridgehead atoms. The first kappa shape index (κ1) is 14.9. The maximum absolute atomic E-state index is 12.6. The van der Waals surface area contributed by atoms with Crippen LogP contribution in [0.2, 0.25) is 0 Å². The van der Waals surface area contributed by atoms with Crippen LogP contribution in [0.15, 0.2) is 22.7 Å². The van der Waals surface area contributed by atoms with Gasteiger partial charge in [-0.15, -0.1) is 0 Å². The summed E-state index contributed by atoms with van der Waals surface area (Å²) in [4.78, 5) is 14.5. The van der Waals surface area contributed by atoms with Gasteiger partial charge in [-0.3, -0.25) is 4.79 Å². The highest BCUT2D eigenvalue weighted by molar-refractivity contribution is 9.10. The van der Waals surface area contributed by atoms with Gasteiger partial charge in [0, 0.05) is 23.6 Å². The second-order valence-corrected chi connectivity index (χ2v) is 6.93. The lowest BCUT2D eigenvalue weighted by Crippen LogP contribution is -2.45. The molecule has 4 nitrogen and oxygen atoms in total. The molecule has 0 saturated carbocycles. The molecule has 2 aliphatic heterocycles. The lowest BCUT2D eigenvalue weighted by atomic mass is 9.89. The number of halogens is 1. The van der Waals surface area contributed by atoms with Gasteiger partial charge in [0.25, 0.3) is 5.91 Å². The van der Waals surface area contributed by atoms with Crippen molar-refractivity contribution in [1.82, 2.24) is 10.2 Å². The number of benzene rings is 1. The molecule has 2 saturated heterocycles. The van der Waals surface area contributed by atoms with E-state index in [0.717, 1.165) is 30.5 Å². The molecule has 2 fully saturated rings. The minimum absolute atomic E-state index is 0.0514. The molecule has 2 atom stereocenters. The van der Waals surface area contributed by atoms with Crippen LogP contribution in [-0.4, -0.2) is 41.6 Å². The van der Waals surface area contributed by atoms with Crippen LogP contribution in [0.4, 0.5) is 0 Å². The van der Waals surface area contributed by atoms with Crippen LogP contribution in [0, 0.1) is 5.92 Å². The van der Waals surface area contributed by atoms with Crippen molar-refractivity contribution in [2.75, 3.05) is 19.6 Å². The van der Waals surface area contributed by atoms with Crippen LogP contribution in [-0.2, 0) is 0 Å². The van der Waals surface area contributed by atoms with Gasteiger partial charge in [-0.1, -0.05) is 15.9 Å². The zero-order chi connectivity index (χ0) is 14.8. The molecule has 5 heteroatoms. The third-order valence-electron chi connectivity index (χ3n) is 4.60. The third kappa shape index (κ3) is 3.24. The predicted molar refractivity (Wildman–Crippen MR) is 85.5 cm³/mol. The minimum atomic E-state index is -0.0531. The van der Waals surface area contributed by atoms with E-state index in [4.69, 9.17) is 0 Å². The van der Waals surface area contributed by atoms with Crippen LogP contribution in [0.1, 0.15) is 36.0 Å². The molecular weight excluding hydrogens is 332 g/mol. The van der Waals surface area contributed by atoms with Gasteiger partial charge in [0.2, 0.25) is 0 Å². The minimum Gasteiger partial charge on any atom is -0.507 e. The Labute approximate surface area is 133 Å². The molecule has 2 aliphatic rings. The van der Waals surface area contributed by atoms with Crippen molar-refractivity contribution in [2.24, 2.45) is 5.92 Å². The van der Waals surface area contributed by atoms with Gasteiger partial charge in [-0.05, 0) is 56.3 Å². The molecule has 3 rings (SSSR count). The Morgan fingerprint density at radius 1 is 1.33 bits per heavy atom. The summed E-state index contributed by atoms with van der Waals surface area (Å²) in [6.45, 7) is 2.69. The van der Waals surface area contributed by atoms with Gasteiger partial charge < -0.3 is 15.3 Å². The second-order valence-electron chi connectivity index (χ2n) is 6.02. The largest absolute Gasteiger partial charge is 0.507 e. The summed E-state index contributed by atoms with van der Waals surface area (Å²) < 4.78 is 0.781. The molecule has 114 valence electrons. The van der Waals surface area contributed by atoms with Gasteiger partial charge in [0.05, 0.1) is 5.56 Å². The number of aromatic hydroxyl groups is 1. The molecule has 1 amide bonds. The molecule has 2 heterocycles. The fourth-order valence-corrected chi connectivity index (χ4v) is 3.84. The van der Waals surface area contributed by atoms with E-state index in [9.17, 15) is 9.90 Å². The molecule has 1 aromatic carbocycles. The van der Waals surface area contributed by atoms with E-state index < -0.39 is 0 Å². The number of rotatable bonds is 2. The molecule has 21 heavy (non-hydrogen) atoms. The number of nitrogens with one attached hydrogen (secondary N) is 1. The third-order valence-corrected chi connectivity index (χ3v) is 5.10. The van der Waals surface area contributed by atoms with E-state index in [0.29, 0.717) is 17.5 Å². The summed E-state index contributed by atoms with van der Waals surface area (Å²) in [6, 6.07) is 5.62. The first-order valence-electron chi connectivity index (χ1n) is 7.66. The molecule has 0 spiro atoms. The SMILES string of the molecule is O=C(c1ccc(Br)cc1O)N1CCCC(C2CCCN2)C1. The number of carbonyl (C=O) groups excluding carboxylic acids is 1. The Balaban J connectivity index is 1.71. The van der Waals surface area contributed by atoms with Gasteiger partial charge in [-0.25, -0.2) is 0 Å². The van der Waals surface area contributed by atoms with Crippen LogP contribution in [0.5, 0.6) is 5.75 Å². The lowest BCUT2D eigenvalue weighted by molar-refractivity contribution is 0.0648. The Hall–Kier alpha value is -1.07. The number of piperidine rings is 1. The van der Waals surface area contributed by atoms with E-state index in [-0.39, 0.29) is 11.7 Å². The van der Waals surface area contributed by atoms with Crippen molar-refractivity contribution in [3.05, 3.63) is 28.2 Å². The fourth-order valence-electron chi connectivity index (χ4n) is 3.49. The lowest BCUT2D eigenvalue weighted by Gasteiger charge is -2.36. The van der Waals surface area contributed by atoms with Crippen molar-refractivity contribution in [2.45, 2.75) is 31.7 Å². The molecule has 0 radical (unpaired) electrons. The highest BCUT2D eigenvalue weighted by Crippen LogP contribution is 2.28. The molecule has 2 unspecified atom stereocenters. The van der Waals surface area contributed by atoms with E-state index in [1.165, 1.54) is 19.3 Å². The second kappa shape index (κ2) is 6.36. The van der Waals surface area contributed by atoms with E-state index in [2.05, 4.69) is 21.2 Å². The smallest absolute Gasteiger partial charge is 0.257 e. The maximum Gasteiger partial charge on any atom is 0.257 e. The zero-order valence-corrected chi connectivity index (χ0v) is 13.6. The molecule has 1 aromatic rings. The zero-order valence-electron chi connectivity index (χ0n) is 12.0. The number of phenolic OH excluding ortho intramolecular Hbond substituents is 1. The molecule has 0 aromatic heterocycles. The Morgan fingerprint density at radius 2 is 2.19 bits per heavy atom. The van der Waals surface area contributed by atoms with Gasteiger partial charge in [0.1, 0.15) is 5.75 Å². The van der Waals surface area contributed by atoms with Crippen LogP contribution >= 0.6 is 15.9 Å². The highest BCUT2D eigenvalue weighted by Gasteiger charge is 2.31. The van der Waals surface area contributed by atoms with Crippen molar-refractivity contribution >= 4 is 21.8 Å². The summed E-state index contributed by atoms with van der Waals surface area (Å²) in [5.41, 5.74) is 0.401. The summed E-state index contributed by atoms with van der Waals surface area (Å²) in [5, 5.41) is 13.5. The van der Waals surface area contributed by atoms with Crippen LogP contribution in [0.3, 0.4) is 0 Å². The molecular formula is C16H21BrN2O2. The molecule has 0 aliphatic carbocycles. The van der Waals surface area contributed by atoms with Crippen LogP contribution < -0.4 is 5.32 Å². The first-order valence-corrected chi connectivity index (χ1v) is 8.45. The fraction of sp³-hybridized carbons (Fsp3) is 0.562. The molecule has 2 N–H and O–H groups in total. The number of amides is 1. The van der Waals surface area contributed by atoms with E-state index in [1.807, 2.05) is 4.90 Å². The highest BCUT2D eigenvalue weighted by atomic mass is 79.9. The van der Waals surface area contributed by atoms with Gasteiger partial charge in [0.15, 0.2) is 0 Å². The monoisotopic (exact) mass is 352 g/mol. The summed E-state index contributed by atoms with van der Waals surface area (Å²) in [7, 11) is 0.